The maximum atomic E-state index is 11.8. The van der Waals surface area contributed by atoms with Crippen molar-refractivity contribution in [3.05, 3.63) is 28.8 Å². The van der Waals surface area contributed by atoms with Crippen LogP contribution in [-0.4, -0.2) is 18.1 Å². The van der Waals surface area contributed by atoms with Crippen LogP contribution in [0.25, 0.3) is 0 Å². The normalized spacial score (nSPS) is 13.2. The van der Waals surface area contributed by atoms with Gasteiger partial charge in [-0.05, 0) is 44.0 Å². The second kappa shape index (κ2) is 7.01. The van der Waals surface area contributed by atoms with Crippen LogP contribution in [0.1, 0.15) is 25.8 Å². The fourth-order valence-electron chi connectivity index (χ4n) is 1.50. The van der Waals surface area contributed by atoms with Crippen molar-refractivity contribution in [2.45, 2.75) is 39.3 Å². The number of rotatable bonds is 5. The number of benzene rings is 1. The molecule has 0 saturated carbocycles. The molecule has 4 nitrogen and oxygen atoms in total. The molecule has 19 heavy (non-hydrogen) atoms. The van der Waals surface area contributed by atoms with Gasteiger partial charge in [-0.2, -0.15) is 5.26 Å². The Labute approximate surface area is 118 Å². The number of aryl methyl sites for hydroxylation is 1. The number of amides is 1. The SMILES string of the molecule is CCC(C#N)NC(=O)C(C)Oc1ccc(Cl)cc1C. The van der Waals surface area contributed by atoms with Gasteiger partial charge in [-0.3, -0.25) is 4.79 Å². The molecule has 102 valence electrons. The van der Waals surface area contributed by atoms with Crippen LogP contribution >= 0.6 is 11.6 Å². The molecule has 2 unspecified atom stereocenters. The van der Waals surface area contributed by atoms with Crippen LogP contribution in [-0.2, 0) is 4.79 Å². The summed E-state index contributed by atoms with van der Waals surface area (Å²) in [6, 6.07) is 6.74. The quantitative estimate of drug-likeness (QED) is 0.902. The highest BCUT2D eigenvalue weighted by atomic mass is 35.5. The van der Waals surface area contributed by atoms with Crippen molar-refractivity contribution in [3.63, 3.8) is 0 Å². The second-order valence-corrected chi connectivity index (χ2v) is 4.70. The van der Waals surface area contributed by atoms with Gasteiger partial charge < -0.3 is 10.1 Å². The lowest BCUT2D eigenvalue weighted by atomic mass is 10.2. The van der Waals surface area contributed by atoms with E-state index in [1.165, 1.54) is 0 Å². The Kier molecular flexibility index (Phi) is 5.65. The Bertz CT molecular complexity index is 497. The number of halogens is 1. The number of hydrogen-bond acceptors (Lipinski definition) is 3. The summed E-state index contributed by atoms with van der Waals surface area (Å²) in [6.45, 7) is 5.34. The van der Waals surface area contributed by atoms with Gasteiger partial charge in [0.2, 0.25) is 0 Å². The summed E-state index contributed by atoms with van der Waals surface area (Å²) in [7, 11) is 0. The molecule has 5 heteroatoms. The summed E-state index contributed by atoms with van der Waals surface area (Å²) in [6.07, 6.45) is -0.100. The van der Waals surface area contributed by atoms with Crippen LogP contribution in [0.15, 0.2) is 18.2 Å². The lowest BCUT2D eigenvalue weighted by Gasteiger charge is -2.17. The maximum Gasteiger partial charge on any atom is 0.261 e. The first kappa shape index (κ1) is 15.3. The summed E-state index contributed by atoms with van der Waals surface area (Å²) in [5.74, 6) is 0.305. The Morgan fingerprint density at radius 1 is 1.58 bits per heavy atom. The molecule has 1 aromatic rings. The first-order valence-electron chi connectivity index (χ1n) is 6.10. The van der Waals surface area contributed by atoms with E-state index in [0.717, 1.165) is 5.56 Å². The van der Waals surface area contributed by atoms with Crippen LogP contribution in [0.3, 0.4) is 0 Å². The molecule has 0 aliphatic rings. The highest BCUT2D eigenvalue weighted by molar-refractivity contribution is 6.30. The third kappa shape index (κ3) is 4.46. The van der Waals surface area contributed by atoms with Gasteiger partial charge in [0, 0.05) is 5.02 Å². The molecule has 0 aliphatic heterocycles. The minimum absolute atomic E-state index is 0.303. The monoisotopic (exact) mass is 280 g/mol. The zero-order valence-corrected chi connectivity index (χ0v) is 12.0. The summed E-state index contributed by atoms with van der Waals surface area (Å²) in [5, 5.41) is 12.0. The van der Waals surface area contributed by atoms with Gasteiger partial charge >= 0.3 is 0 Å². The Balaban J connectivity index is 2.66. The molecule has 2 atom stereocenters. The number of carbonyl (C=O) groups is 1. The van der Waals surface area contributed by atoms with Crippen molar-refractivity contribution in [1.82, 2.24) is 5.32 Å². The first-order valence-corrected chi connectivity index (χ1v) is 6.48. The Hall–Kier alpha value is -1.73. The van der Waals surface area contributed by atoms with Crippen LogP contribution in [0.5, 0.6) is 5.75 Å². The standard InChI is InChI=1S/C14H17ClN2O2/c1-4-12(8-16)17-14(18)10(3)19-13-6-5-11(15)7-9(13)2/h5-7,10,12H,4H2,1-3H3,(H,17,18). The topological polar surface area (TPSA) is 62.1 Å². The van der Waals surface area contributed by atoms with Gasteiger partial charge in [-0.25, -0.2) is 0 Å². The third-order valence-electron chi connectivity index (χ3n) is 2.69. The number of carbonyl (C=O) groups excluding carboxylic acids is 1. The van der Waals surface area contributed by atoms with E-state index in [-0.39, 0.29) is 5.91 Å². The molecular weight excluding hydrogens is 264 g/mol. The predicted octanol–water partition coefficient (Wildman–Crippen LogP) is 2.83. The molecule has 0 bridgehead atoms. The van der Waals surface area contributed by atoms with E-state index < -0.39 is 12.1 Å². The molecule has 1 amide bonds. The third-order valence-corrected chi connectivity index (χ3v) is 2.93. The smallest absolute Gasteiger partial charge is 0.261 e. The molecule has 0 spiro atoms. The van der Waals surface area contributed by atoms with Crippen molar-refractivity contribution in [2.24, 2.45) is 0 Å². The van der Waals surface area contributed by atoms with E-state index in [4.69, 9.17) is 21.6 Å². The molecule has 0 heterocycles. The number of nitriles is 1. The zero-order chi connectivity index (χ0) is 14.4. The summed E-state index contributed by atoms with van der Waals surface area (Å²) >= 11 is 5.85. The largest absolute Gasteiger partial charge is 0.481 e. The number of ether oxygens (including phenoxy) is 1. The molecule has 1 aromatic carbocycles. The van der Waals surface area contributed by atoms with E-state index >= 15 is 0 Å². The molecule has 0 saturated heterocycles. The van der Waals surface area contributed by atoms with Crippen LogP contribution in [0.2, 0.25) is 5.02 Å². The minimum atomic E-state index is -0.665. The van der Waals surface area contributed by atoms with Crippen LogP contribution in [0.4, 0.5) is 0 Å². The Morgan fingerprint density at radius 2 is 2.26 bits per heavy atom. The number of hydrogen-bond donors (Lipinski definition) is 1. The van der Waals surface area contributed by atoms with Gasteiger partial charge in [-0.1, -0.05) is 18.5 Å². The summed E-state index contributed by atoms with van der Waals surface area (Å²) in [4.78, 5) is 11.8. The van der Waals surface area contributed by atoms with Gasteiger partial charge in [0.05, 0.1) is 6.07 Å². The minimum Gasteiger partial charge on any atom is -0.481 e. The van der Waals surface area contributed by atoms with Crippen LogP contribution in [0, 0.1) is 18.3 Å². The van der Waals surface area contributed by atoms with Crippen molar-refractivity contribution in [2.75, 3.05) is 0 Å². The van der Waals surface area contributed by atoms with E-state index in [2.05, 4.69) is 5.32 Å². The highest BCUT2D eigenvalue weighted by Gasteiger charge is 2.18. The zero-order valence-electron chi connectivity index (χ0n) is 11.2. The summed E-state index contributed by atoms with van der Waals surface area (Å²) < 4.78 is 5.57. The fourth-order valence-corrected chi connectivity index (χ4v) is 1.73. The summed E-state index contributed by atoms with van der Waals surface area (Å²) in [5.41, 5.74) is 0.861. The van der Waals surface area contributed by atoms with Crippen LogP contribution < -0.4 is 10.1 Å². The molecule has 1 N–H and O–H groups in total. The second-order valence-electron chi connectivity index (χ2n) is 4.27. The molecule has 0 aromatic heterocycles. The van der Waals surface area contributed by atoms with E-state index in [1.54, 1.807) is 25.1 Å². The predicted molar refractivity (Wildman–Crippen MR) is 74.1 cm³/mol. The van der Waals surface area contributed by atoms with Gasteiger partial charge in [0.1, 0.15) is 11.8 Å². The van der Waals surface area contributed by atoms with E-state index in [9.17, 15) is 4.79 Å². The maximum absolute atomic E-state index is 11.8. The Morgan fingerprint density at radius 3 is 2.79 bits per heavy atom. The van der Waals surface area contributed by atoms with E-state index in [0.29, 0.717) is 17.2 Å². The molecule has 0 aliphatic carbocycles. The van der Waals surface area contributed by atoms with E-state index in [1.807, 2.05) is 19.9 Å². The van der Waals surface area contributed by atoms with Crippen molar-refractivity contribution in [1.29, 1.82) is 5.26 Å². The lowest BCUT2D eigenvalue weighted by Crippen LogP contribution is -2.41. The molecule has 0 radical (unpaired) electrons. The number of nitrogens with zero attached hydrogens (tertiary/aromatic N) is 1. The van der Waals surface area contributed by atoms with Gasteiger partial charge in [0.15, 0.2) is 6.10 Å². The molecule has 0 fully saturated rings. The van der Waals surface area contributed by atoms with Gasteiger partial charge in [-0.15, -0.1) is 0 Å². The average molecular weight is 281 g/mol. The fraction of sp³-hybridized carbons (Fsp3) is 0.429. The average Bonchev–Trinajstić information content (AvgIpc) is 2.38. The first-order chi connectivity index (χ1) is 8.97. The highest BCUT2D eigenvalue weighted by Crippen LogP contribution is 2.22. The van der Waals surface area contributed by atoms with Crippen molar-refractivity contribution >= 4 is 17.5 Å². The van der Waals surface area contributed by atoms with Crippen molar-refractivity contribution < 1.29 is 9.53 Å². The van der Waals surface area contributed by atoms with Gasteiger partial charge in [0.25, 0.3) is 5.91 Å². The molecular formula is C14H17ClN2O2. The molecule has 1 rings (SSSR count). The number of nitrogens with one attached hydrogen (secondary N) is 1. The lowest BCUT2D eigenvalue weighted by molar-refractivity contribution is -0.127. The van der Waals surface area contributed by atoms with Crippen molar-refractivity contribution in [3.8, 4) is 11.8 Å².